The molecule has 2 unspecified atom stereocenters. The van der Waals surface area contributed by atoms with Gasteiger partial charge in [0.25, 0.3) is 0 Å². The zero-order valence-electron chi connectivity index (χ0n) is 22.3. The summed E-state index contributed by atoms with van der Waals surface area (Å²) in [6, 6.07) is 4.13. The van der Waals surface area contributed by atoms with Crippen LogP contribution < -0.4 is 16.0 Å². The Morgan fingerprint density at radius 3 is 2.19 bits per heavy atom. The van der Waals surface area contributed by atoms with Gasteiger partial charge in [0.05, 0.1) is 33.9 Å². The standard InChI is InChI=1S/C29H35BN4O2/c1-25(2)18-28(7)16-23-11-10-20(32-23)14-19-8-9-21(31-19)15-22-12-13-29(33-22,17-24(25)34-28)30-35-26(3,4)27(5,6)36-30/h8-17,31,34H,18H2,1-7H3. The number of hydrogen-bond donors (Lipinski definition) is 2. The number of aromatic amines is 1. The molecule has 1 aromatic heterocycles. The summed E-state index contributed by atoms with van der Waals surface area (Å²) < 4.78 is 13.2. The first-order valence-electron chi connectivity index (χ1n) is 12.8. The maximum absolute atomic E-state index is 6.58. The van der Waals surface area contributed by atoms with Gasteiger partial charge in [0.15, 0.2) is 0 Å². The van der Waals surface area contributed by atoms with Crippen molar-refractivity contribution in [2.24, 2.45) is 15.4 Å². The zero-order valence-corrected chi connectivity index (χ0v) is 22.3. The van der Waals surface area contributed by atoms with E-state index >= 15 is 0 Å². The Kier molecular flexibility index (Phi) is 4.78. The van der Waals surface area contributed by atoms with Crippen LogP contribution in [0.15, 0.2) is 70.0 Å². The van der Waals surface area contributed by atoms with Crippen LogP contribution >= 0.6 is 0 Å². The van der Waals surface area contributed by atoms with E-state index in [0.717, 1.165) is 39.9 Å². The number of rotatable bonds is 1. The molecule has 0 aliphatic carbocycles. The predicted molar refractivity (Wildman–Crippen MR) is 147 cm³/mol. The highest BCUT2D eigenvalue weighted by Crippen LogP contribution is 2.47. The zero-order chi connectivity index (χ0) is 25.6. The van der Waals surface area contributed by atoms with Crippen LogP contribution in [-0.2, 0) is 9.31 Å². The molecule has 0 aromatic carbocycles. The first-order valence-corrected chi connectivity index (χ1v) is 12.8. The highest BCUT2D eigenvalue weighted by Gasteiger charge is 2.60. The largest absolute Gasteiger partial charge is 0.496 e. The lowest BCUT2D eigenvalue weighted by molar-refractivity contribution is 0.00578. The molecule has 0 radical (unpaired) electrons. The van der Waals surface area contributed by atoms with Crippen molar-refractivity contribution in [3.63, 3.8) is 0 Å². The van der Waals surface area contributed by atoms with E-state index < -0.39 is 23.8 Å². The fourth-order valence-corrected chi connectivity index (χ4v) is 5.79. The van der Waals surface area contributed by atoms with E-state index in [9.17, 15) is 0 Å². The van der Waals surface area contributed by atoms with Crippen LogP contribution in [0, 0.1) is 5.41 Å². The Balaban J connectivity index is 1.55. The number of fused-ring (bicyclic) bond motifs is 6. The number of aliphatic imine (C=N–C) groups is 2. The van der Waals surface area contributed by atoms with Gasteiger partial charge in [0, 0.05) is 21.8 Å². The number of H-pyrrole nitrogens is 1. The van der Waals surface area contributed by atoms with Crippen LogP contribution in [0.5, 0.6) is 0 Å². The van der Waals surface area contributed by atoms with Crippen molar-refractivity contribution < 1.29 is 9.31 Å². The number of hydrogen-bond acceptors (Lipinski definition) is 5. The van der Waals surface area contributed by atoms with Crippen molar-refractivity contribution in [1.29, 1.82) is 0 Å². The molecule has 2 fully saturated rings. The van der Waals surface area contributed by atoms with E-state index in [1.807, 2.05) is 0 Å². The topological polar surface area (TPSA) is 71.0 Å². The molecule has 1 aromatic rings. The Labute approximate surface area is 213 Å². The molecule has 0 amide bonds. The SMILES string of the molecule is CC12C=C3C=CC(=N3)C=c3ccc([nH]3)=CC3=NC(B4OC(C)(C)C(C)(C)O4)(C=C3)C=C(N1)C(C)(C)C2. The summed E-state index contributed by atoms with van der Waals surface area (Å²) in [5.74, 6) is 0. The fourth-order valence-electron chi connectivity index (χ4n) is 5.79. The van der Waals surface area contributed by atoms with Crippen LogP contribution in [0.3, 0.4) is 0 Å². The molecule has 6 heterocycles. The Bertz CT molecular complexity index is 1440. The summed E-state index contributed by atoms with van der Waals surface area (Å²) in [5, 5.41) is 5.83. The van der Waals surface area contributed by atoms with Gasteiger partial charge in [-0.2, -0.15) is 0 Å². The van der Waals surface area contributed by atoms with Crippen LogP contribution in [0.2, 0.25) is 0 Å². The van der Waals surface area contributed by atoms with Crippen molar-refractivity contribution in [2.45, 2.75) is 77.1 Å². The first kappa shape index (κ1) is 23.5. The molecule has 6 rings (SSSR count). The summed E-state index contributed by atoms with van der Waals surface area (Å²) in [5.41, 5.74) is 1.89. The molecule has 5 aliphatic rings. The second-order valence-corrected chi connectivity index (χ2v) is 12.6. The van der Waals surface area contributed by atoms with Crippen molar-refractivity contribution >= 4 is 30.7 Å². The maximum Gasteiger partial charge on any atom is 0.496 e. The van der Waals surface area contributed by atoms with Gasteiger partial charge in [0.2, 0.25) is 0 Å². The number of nitrogens with one attached hydrogen (secondary N) is 2. The van der Waals surface area contributed by atoms with Gasteiger partial charge in [-0.3, -0.25) is 4.99 Å². The molecule has 6 nitrogen and oxygen atoms in total. The molecular weight excluding hydrogens is 447 g/mol. The van der Waals surface area contributed by atoms with Crippen molar-refractivity contribution in [2.75, 3.05) is 0 Å². The molecule has 5 aliphatic heterocycles. The number of nitrogens with zero attached hydrogens (tertiary/aromatic N) is 2. The van der Waals surface area contributed by atoms with Gasteiger partial charge in [0.1, 0.15) is 5.44 Å². The van der Waals surface area contributed by atoms with Crippen molar-refractivity contribution in [1.82, 2.24) is 10.3 Å². The Morgan fingerprint density at radius 2 is 1.50 bits per heavy atom. The molecule has 2 atom stereocenters. The molecule has 7 heteroatoms. The third kappa shape index (κ3) is 3.80. The molecule has 186 valence electrons. The highest BCUT2D eigenvalue weighted by atomic mass is 16.7. The minimum Gasteiger partial charge on any atom is -0.401 e. The average molecular weight is 482 g/mol. The summed E-state index contributed by atoms with van der Waals surface area (Å²) in [4.78, 5) is 13.6. The minimum atomic E-state index is -0.786. The molecular formula is C29H35BN4O2. The predicted octanol–water partition coefficient (Wildman–Crippen LogP) is 3.53. The van der Waals surface area contributed by atoms with Crippen molar-refractivity contribution in [3.05, 3.63) is 70.7 Å². The van der Waals surface area contributed by atoms with E-state index in [1.165, 1.54) is 0 Å². The van der Waals surface area contributed by atoms with Gasteiger partial charge < -0.3 is 19.6 Å². The van der Waals surface area contributed by atoms with E-state index in [1.54, 1.807) is 0 Å². The molecule has 8 bridgehead atoms. The number of allylic oxidation sites excluding steroid dienone is 4. The third-order valence-electron chi connectivity index (χ3n) is 8.30. The minimum absolute atomic E-state index is 0.0960. The molecule has 2 N–H and O–H groups in total. The third-order valence-corrected chi connectivity index (χ3v) is 8.30. The average Bonchev–Trinajstić information content (AvgIpc) is 3.53. The Morgan fingerprint density at radius 1 is 0.833 bits per heavy atom. The lowest BCUT2D eigenvalue weighted by Crippen LogP contribution is -2.44. The molecule has 0 saturated carbocycles. The maximum atomic E-state index is 6.58. The fraction of sp³-hybridized carbons (Fsp3) is 0.448. The summed E-state index contributed by atoms with van der Waals surface area (Å²) in [6.07, 6.45) is 17.9. The smallest absolute Gasteiger partial charge is 0.401 e. The summed E-state index contributed by atoms with van der Waals surface area (Å²) in [6.45, 7) is 15.2. The van der Waals surface area contributed by atoms with Gasteiger partial charge in [-0.15, -0.1) is 0 Å². The van der Waals surface area contributed by atoms with E-state index in [0.29, 0.717) is 0 Å². The van der Waals surface area contributed by atoms with Crippen molar-refractivity contribution in [3.8, 4) is 0 Å². The van der Waals surface area contributed by atoms with E-state index in [-0.39, 0.29) is 11.0 Å². The second-order valence-electron chi connectivity index (χ2n) is 12.6. The normalized spacial score (nSPS) is 32.8. The first-order chi connectivity index (χ1) is 16.8. The van der Waals surface area contributed by atoms with Crippen LogP contribution in [-0.4, -0.2) is 45.7 Å². The summed E-state index contributed by atoms with van der Waals surface area (Å²) in [7, 11) is -0.545. The Hall–Kier alpha value is -2.90. The molecule has 36 heavy (non-hydrogen) atoms. The second kappa shape index (κ2) is 7.33. The van der Waals surface area contributed by atoms with Gasteiger partial charge in [-0.25, -0.2) is 4.99 Å². The quantitative estimate of drug-likeness (QED) is 0.602. The van der Waals surface area contributed by atoms with Gasteiger partial charge in [-0.05, 0) is 95.7 Å². The van der Waals surface area contributed by atoms with Crippen LogP contribution in [0.1, 0.15) is 54.9 Å². The van der Waals surface area contributed by atoms with Crippen LogP contribution in [0.25, 0.3) is 12.2 Å². The monoisotopic (exact) mass is 482 g/mol. The molecule has 2 saturated heterocycles. The highest BCUT2D eigenvalue weighted by molar-refractivity contribution is 6.53. The number of aromatic nitrogens is 1. The van der Waals surface area contributed by atoms with Gasteiger partial charge in [-0.1, -0.05) is 19.9 Å². The lowest BCUT2D eigenvalue weighted by Gasteiger charge is -2.32. The lowest BCUT2D eigenvalue weighted by atomic mass is 9.63. The van der Waals surface area contributed by atoms with E-state index in [2.05, 4.69) is 120 Å². The van der Waals surface area contributed by atoms with E-state index in [4.69, 9.17) is 19.3 Å². The van der Waals surface area contributed by atoms with Crippen LogP contribution in [0.4, 0.5) is 0 Å². The molecule has 0 spiro atoms. The summed E-state index contributed by atoms with van der Waals surface area (Å²) >= 11 is 0. The van der Waals surface area contributed by atoms with Gasteiger partial charge >= 0.3 is 7.12 Å².